The van der Waals surface area contributed by atoms with Gasteiger partial charge in [-0.05, 0) is 37.8 Å². The number of halogens is 3. The monoisotopic (exact) mass is 507 g/mol. The van der Waals surface area contributed by atoms with Crippen LogP contribution in [-0.4, -0.2) is 31.5 Å². The molecule has 11 heteroatoms. The van der Waals surface area contributed by atoms with Crippen LogP contribution in [0.4, 0.5) is 22.0 Å². The topological polar surface area (TPSA) is 111 Å². The van der Waals surface area contributed by atoms with Gasteiger partial charge in [0.2, 0.25) is 17.8 Å². The van der Waals surface area contributed by atoms with Crippen LogP contribution >= 0.6 is 23.2 Å². The molecule has 0 aliphatic heterocycles. The second kappa shape index (κ2) is 10.7. The number of nitrogens with one attached hydrogen (secondary N) is 2. The number of carbonyl (C=O) groups is 1. The number of anilines is 3. The Hall–Kier alpha value is -2.65. The molecular formula is C23H28Cl2FN7O. The average Bonchev–Trinajstić information content (AvgIpc) is 3.41. The minimum Gasteiger partial charge on any atom is -0.370 e. The number of carbonyl (C=O) groups excluding carboxylic acids is 1. The summed E-state index contributed by atoms with van der Waals surface area (Å²) in [6.45, 7) is 2.07. The lowest BCUT2D eigenvalue weighted by Crippen LogP contribution is -2.18. The molecule has 2 aromatic heterocycles. The lowest BCUT2D eigenvalue weighted by atomic mass is 10.1. The summed E-state index contributed by atoms with van der Waals surface area (Å²) in [5.41, 5.74) is 6.98. The van der Waals surface area contributed by atoms with Crippen molar-refractivity contribution >= 4 is 57.9 Å². The van der Waals surface area contributed by atoms with Gasteiger partial charge in [-0.1, -0.05) is 49.4 Å². The number of rotatable bonds is 10. The third-order valence-electron chi connectivity index (χ3n) is 6.08. The van der Waals surface area contributed by atoms with Gasteiger partial charge in [0, 0.05) is 18.5 Å². The van der Waals surface area contributed by atoms with Crippen molar-refractivity contribution < 1.29 is 9.18 Å². The minimum atomic E-state index is -0.534. The highest BCUT2D eigenvalue weighted by molar-refractivity contribution is 6.39. The fourth-order valence-corrected chi connectivity index (χ4v) is 5.02. The summed E-state index contributed by atoms with van der Waals surface area (Å²) in [4.78, 5) is 25.5. The predicted octanol–water partition coefficient (Wildman–Crippen LogP) is 5.98. The maximum atomic E-state index is 13.7. The zero-order valence-electron chi connectivity index (χ0n) is 19.0. The zero-order valence-corrected chi connectivity index (χ0v) is 20.5. The first-order valence-corrected chi connectivity index (χ1v) is 12.3. The van der Waals surface area contributed by atoms with Crippen LogP contribution in [0.25, 0.3) is 11.2 Å². The van der Waals surface area contributed by atoms with Crippen molar-refractivity contribution in [2.45, 2.75) is 70.4 Å². The molecule has 1 atom stereocenters. The van der Waals surface area contributed by atoms with Crippen LogP contribution in [0.5, 0.6) is 0 Å². The summed E-state index contributed by atoms with van der Waals surface area (Å²) in [6, 6.07) is 2.60. The molecule has 0 radical (unpaired) electrons. The third kappa shape index (κ3) is 5.52. The van der Waals surface area contributed by atoms with E-state index in [-0.39, 0.29) is 28.4 Å². The van der Waals surface area contributed by atoms with Crippen molar-refractivity contribution in [3.05, 3.63) is 34.2 Å². The van der Waals surface area contributed by atoms with E-state index in [2.05, 4.69) is 27.5 Å². The number of nitrogens with two attached hydrogens (primary N) is 1. The highest BCUT2D eigenvalue weighted by atomic mass is 35.5. The van der Waals surface area contributed by atoms with E-state index in [0.717, 1.165) is 25.7 Å². The Bertz CT molecular complexity index is 1160. The maximum Gasteiger partial charge on any atom is 0.224 e. The van der Waals surface area contributed by atoms with E-state index in [4.69, 9.17) is 33.9 Å². The van der Waals surface area contributed by atoms with Gasteiger partial charge in [0.25, 0.3) is 0 Å². The third-order valence-corrected chi connectivity index (χ3v) is 6.67. The lowest BCUT2D eigenvalue weighted by molar-refractivity contribution is -0.118. The smallest absolute Gasteiger partial charge is 0.224 e. The van der Waals surface area contributed by atoms with Crippen LogP contribution in [0.2, 0.25) is 10.0 Å². The fourth-order valence-electron chi connectivity index (χ4n) is 4.47. The first-order valence-electron chi connectivity index (χ1n) is 11.6. The van der Waals surface area contributed by atoms with E-state index in [1.807, 2.05) is 4.57 Å². The van der Waals surface area contributed by atoms with Gasteiger partial charge in [0.1, 0.15) is 11.3 Å². The molecule has 0 unspecified atom stereocenters. The Balaban J connectivity index is 1.79. The molecule has 0 spiro atoms. The Morgan fingerprint density at radius 2 is 1.94 bits per heavy atom. The first kappa shape index (κ1) is 24.5. The molecular weight excluding hydrogens is 480 g/mol. The van der Waals surface area contributed by atoms with Gasteiger partial charge in [0.05, 0.1) is 21.9 Å². The molecule has 34 heavy (non-hydrogen) atoms. The van der Waals surface area contributed by atoms with Gasteiger partial charge in [-0.25, -0.2) is 14.4 Å². The van der Waals surface area contributed by atoms with Gasteiger partial charge in [-0.2, -0.15) is 4.98 Å². The maximum absolute atomic E-state index is 13.7. The normalized spacial score (nSPS) is 15.1. The highest BCUT2D eigenvalue weighted by Crippen LogP contribution is 2.37. The van der Waals surface area contributed by atoms with E-state index >= 15 is 0 Å². The molecule has 1 aliphatic carbocycles. The average molecular weight is 508 g/mol. The van der Waals surface area contributed by atoms with Crippen molar-refractivity contribution in [2.24, 2.45) is 5.73 Å². The number of aromatic nitrogens is 4. The minimum absolute atomic E-state index is 0.114. The molecule has 8 nitrogen and oxygen atoms in total. The van der Waals surface area contributed by atoms with Crippen molar-refractivity contribution in [1.82, 2.24) is 19.5 Å². The number of nitrogens with zero attached hydrogens (tertiary/aromatic N) is 4. The Kier molecular flexibility index (Phi) is 7.73. The lowest BCUT2D eigenvalue weighted by Gasteiger charge is -2.21. The number of fused-ring (bicyclic) bond motifs is 1. The molecule has 0 bridgehead atoms. The highest BCUT2D eigenvalue weighted by Gasteiger charge is 2.24. The largest absolute Gasteiger partial charge is 0.370 e. The van der Waals surface area contributed by atoms with Gasteiger partial charge >= 0.3 is 0 Å². The SMILES string of the molecule is CCC[C@@H](CCC(N)=O)n1c(Nc2c(Cl)cc(F)cc2Cl)nc2cnc(NC3CCCC3)nc21. The molecule has 3 aromatic rings. The second-order valence-electron chi connectivity index (χ2n) is 8.65. The predicted molar refractivity (Wildman–Crippen MR) is 133 cm³/mol. The van der Waals surface area contributed by atoms with Crippen molar-refractivity contribution in [3.63, 3.8) is 0 Å². The quantitative estimate of drug-likeness (QED) is 0.311. The molecule has 4 rings (SSSR count). The van der Waals surface area contributed by atoms with Gasteiger partial charge in [-0.3, -0.25) is 9.36 Å². The summed E-state index contributed by atoms with van der Waals surface area (Å²) in [6.07, 6.45) is 8.62. The molecule has 182 valence electrons. The number of primary amides is 1. The van der Waals surface area contributed by atoms with Gasteiger partial charge in [0.15, 0.2) is 5.65 Å². The van der Waals surface area contributed by atoms with Crippen molar-refractivity contribution in [1.29, 1.82) is 0 Å². The molecule has 0 saturated heterocycles. The van der Waals surface area contributed by atoms with E-state index in [0.29, 0.717) is 41.2 Å². The van der Waals surface area contributed by atoms with Crippen LogP contribution in [0.15, 0.2) is 18.3 Å². The number of amides is 1. The van der Waals surface area contributed by atoms with E-state index in [9.17, 15) is 9.18 Å². The summed E-state index contributed by atoms with van der Waals surface area (Å²) in [5, 5.41) is 6.84. The molecule has 1 aromatic carbocycles. The Morgan fingerprint density at radius 3 is 2.59 bits per heavy atom. The van der Waals surface area contributed by atoms with Gasteiger partial charge < -0.3 is 16.4 Å². The second-order valence-corrected chi connectivity index (χ2v) is 9.46. The molecule has 4 N–H and O–H groups in total. The summed E-state index contributed by atoms with van der Waals surface area (Å²) in [7, 11) is 0. The summed E-state index contributed by atoms with van der Waals surface area (Å²) >= 11 is 12.6. The molecule has 1 saturated carbocycles. The molecule has 1 amide bonds. The van der Waals surface area contributed by atoms with E-state index in [1.165, 1.54) is 25.0 Å². The standard InChI is InChI=1S/C23H28Cl2FN7O/c1-2-5-15(8-9-19(27)34)33-21-18(12-28-22(32-21)29-14-6-3-4-7-14)30-23(33)31-20-16(24)10-13(26)11-17(20)25/h10-12,14-15H,2-9H2,1H3,(H2,27,34)(H,30,31)(H,28,29,32)/t15-/m0/s1. The summed E-state index contributed by atoms with van der Waals surface area (Å²) in [5.74, 6) is 0.0616. The molecule has 1 fully saturated rings. The first-order chi connectivity index (χ1) is 16.4. The number of benzene rings is 1. The van der Waals surface area contributed by atoms with Gasteiger partial charge in [-0.15, -0.1) is 0 Å². The van der Waals surface area contributed by atoms with Crippen LogP contribution in [0, 0.1) is 5.82 Å². The van der Waals surface area contributed by atoms with Crippen molar-refractivity contribution in [3.8, 4) is 0 Å². The fraction of sp³-hybridized carbons (Fsp3) is 0.478. The molecule has 2 heterocycles. The van der Waals surface area contributed by atoms with Crippen LogP contribution < -0.4 is 16.4 Å². The number of hydrogen-bond donors (Lipinski definition) is 3. The summed E-state index contributed by atoms with van der Waals surface area (Å²) < 4.78 is 15.7. The number of imidazole rings is 1. The zero-order chi connectivity index (χ0) is 24.2. The Labute approximate surface area is 207 Å². The van der Waals surface area contributed by atoms with Crippen LogP contribution in [0.3, 0.4) is 0 Å². The van der Waals surface area contributed by atoms with Crippen LogP contribution in [-0.2, 0) is 4.79 Å². The number of hydrogen-bond acceptors (Lipinski definition) is 6. The van der Waals surface area contributed by atoms with Crippen LogP contribution in [0.1, 0.15) is 64.3 Å². The molecule has 1 aliphatic rings. The Morgan fingerprint density at radius 1 is 1.24 bits per heavy atom. The van der Waals surface area contributed by atoms with E-state index in [1.54, 1.807) is 6.20 Å². The van der Waals surface area contributed by atoms with E-state index < -0.39 is 5.82 Å². The van der Waals surface area contributed by atoms with Crippen molar-refractivity contribution in [2.75, 3.05) is 10.6 Å².